The Hall–Kier alpha value is -5.84. The van der Waals surface area contributed by atoms with Crippen LogP contribution in [-0.4, -0.2) is 0 Å². The van der Waals surface area contributed by atoms with Crippen LogP contribution in [0.2, 0.25) is 0 Å². The first-order valence-corrected chi connectivity index (χ1v) is 16.3. The molecule has 0 aliphatic heterocycles. The average molecular weight is 609 g/mol. The third-order valence-corrected chi connectivity index (χ3v) is 9.77. The first-order valence-electron chi connectivity index (χ1n) is 15.4. The quantitative estimate of drug-likeness (QED) is 0.187. The molecule has 0 aliphatic carbocycles. The summed E-state index contributed by atoms with van der Waals surface area (Å²) >= 11 is 1.84. The lowest BCUT2D eigenvalue weighted by Crippen LogP contribution is -2.09. The number of nitrogens with zero attached hydrogens (tertiary/aromatic N) is 2. The van der Waals surface area contributed by atoms with E-state index in [0.29, 0.717) is 0 Å². The van der Waals surface area contributed by atoms with Crippen LogP contribution in [0.25, 0.3) is 42.1 Å². The summed E-state index contributed by atoms with van der Waals surface area (Å²) in [6.07, 6.45) is 0. The van der Waals surface area contributed by atoms with Crippen LogP contribution < -0.4 is 9.80 Å². The molecule has 0 fully saturated rings. The topological polar surface area (TPSA) is 19.6 Å². The van der Waals surface area contributed by atoms with Crippen LogP contribution in [0.4, 0.5) is 34.1 Å². The molecule has 9 rings (SSSR count). The molecule has 4 heteroatoms. The summed E-state index contributed by atoms with van der Waals surface area (Å²) in [5, 5.41) is 4.74. The molecule has 0 bridgehead atoms. The van der Waals surface area contributed by atoms with Gasteiger partial charge in [-0.25, -0.2) is 0 Å². The molecule has 0 amide bonds. The molecule has 2 heterocycles. The zero-order chi connectivity index (χ0) is 30.5. The van der Waals surface area contributed by atoms with E-state index < -0.39 is 0 Å². The van der Waals surface area contributed by atoms with Gasteiger partial charge in [0.25, 0.3) is 0 Å². The van der Waals surface area contributed by atoms with Crippen LogP contribution in [0.3, 0.4) is 0 Å². The minimum absolute atomic E-state index is 0.861. The lowest BCUT2D eigenvalue weighted by atomic mass is 10.1. The highest BCUT2D eigenvalue weighted by Gasteiger charge is 2.21. The molecule has 0 saturated carbocycles. The van der Waals surface area contributed by atoms with Crippen molar-refractivity contribution in [3.8, 4) is 0 Å². The van der Waals surface area contributed by atoms with Crippen LogP contribution >= 0.6 is 11.3 Å². The second-order valence-electron chi connectivity index (χ2n) is 11.4. The van der Waals surface area contributed by atoms with Crippen molar-refractivity contribution >= 4 is 87.6 Å². The molecule has 3 nitrogen and oxygen atoms in total. The van der Waals surface area contributed by atoms with E-state index in [1.807, 2.05) is 23.5 Å². The maximum Gasteiger partial charge on any atom is 0.159 e. The van der Waals surface area contributed by atoms with Crippen LogP contribution in [0.15, 0.2) is 174 Å². The van der Waals surface area contributed by atoms with Crippen molar-refractivity contribution in [3.05, 3.63) is 170 Å². The normalized spacial score (nSPS) is 11.5. The number of benzene rings is 7. The Morgan fingerprint density at radius 3 is 1.61 bits per heavy atom. The van der Waals surface area contributed by atoms with Gasteiger partial charge >= 0.3 is 0 Å². The fraction of sp³-hybridized carbons (Fsp3) is 0. The molecule has 7 aromatic carbocycles. The first kappa shape index (κ1) is 26.6. The van der Waals surface area contributed by atoms with Crippen LogP contribution in [-0.2, 0) is 0 Å². The number of para-hydroxylation sites is 4. The number of anilines is 6. The second kappa shape index (κ2) is 11.0. The Labute approximate surface area is 270 Å². The number of thiophene rings is 1. The third-order valence-electron chi connectivity index (χ3n) is 8.62. The van der Waals surface area contributed by atoms with Gasteiger partial charge in [0.1, 0.15) is 5.58 Å². The molecular formula is C42H28N2OS. The van der Waals surface area contributed by atoms with Gasteiger partial charge in [-0.1, -0.05) is 84.9 Å². The number of furan rings is 1. The molecule has 46 heavy (non-hydrogen) atoms. The summed E-state index contributed by atoms with van der Waals surface area (Å²) < 4.78 is 9.29. The molecule has 218 valence electrons. The van der Waals surface area contributed by atoms with Crippen molar-refractivity contribution in [2.75, 3.05) is 9.80 Å². The van der Waals surface area contributed by atoms with E-state index in [4.69, 9.17) is 4.42 Å². The van der Waals surface area contributed by atoms with Crippen LogP contribution in [0.1, 0.15) is 0 Å². The fourth-order valence-electron chi connectivity index (χ4n) is 6.55. The summed E-state index contributed by atoms with van der Waals surface area (Å²) in [5.41, 5.74) is 8.18. The van der Waals surface area contributed by atoms with E-state index in [1.165, 1.54) is 20.2 Å². The van der Waals surface area contributed by atoms with Crippen molar-refractivity contribution in [1.82, 2.24) is 0 Å². The van der Waals surface area contributed by atoms with E-state index in [0.717, 1.165) is 56.1 Å². The molecule has 9 aromatic rings. The maximum atomic E-state index is 6.69. The van der Waals surface area contributed by atoms with Gasteiger partial charge in [0.05, 0.1) is 5.69 Å². The van der Waals surface area contributed by atoms with Gasteiger partial charge in [-0.15, -0.1) is 11.3 Å². The Kier molecular flexibility index (Phi) is 6.32. The van der Waals surface area contributed by atoms with Crippen molar-refractivity contribution in [1.29, 1.82) is 0 Å². The number of hydrogen-bond donors (Lipinski definition) is 0. The largest absolute Gasteiger partial charge is 0.454 e. The van der Waals surface area contributed by atoms with Gasteiger partial charge in [-0.05, 0) is 84.9 Å². The Balaban J connectivity index is 1.23. The van der Waals surface area contributed by atoms with Crippen molar-refractivity contribution in [2.45, 2.75) is 0 Å². The first-order chi connectivity index (χ1) is 22.8. The standard InChI is InChI=1S/C42H28N2OS/c1-4-13-29(14-5-1)43(33-24-26-41-37(28-33)34-19-10-11-22-40(34)46-41)32-23-25-39-36(27-32)35-20-12-21-38(42(35)45-39)44(30-15-6-2-7-16-30)31-17-8-3-9-18-31/h1-28H. The molecule has 0 aliphatic rings. The monoisotopic (exact) mass is 608 g/mol. The SMILES string of the molecule is c1ccc(N(c2ccc3oc4c(N(c5ccccc5)c5ccccc5)cccc4c3c2)c2ccc3sc4ccccc4c3c2)cc1. The van der Waals surface area contributed by atoms with Gasteiger partial charge in [0.15, 0.2) is 5.58 Å². The molecule has 0 unspecified atom stereocenters. The smallest absolute Gasteiger partial charge is 0.159 e. The van der Waals surface area contributed by atoms with Crippen LogP contribution in [0.5, 0.6) is 0 Å². The summed E-state index contributed by atoms with van der Waals surface area (Å²) in [5.74, 6) is 0. The molecule has 2 aromatic heterocycles. The molecule has 0 atom stereocenters. The lowest BCUT2D eigenvalue weighted by Gasteiger charge is -2.25. The van der Waals surface area contributed by atoms with E-state index >= 15 is 0 Å². The van der Waals surface area contributed by atoms with Gasteiger partial charge in [0.2, 0.25) is 0 Å². The summed E-state index contributed by atoms with van der Waals surface area (Å²) in [6, 6.07) is 60.0. The van der Waals surface area contributed by atoms with Gasteiger partial charge in [0, 0.05) is 59.4 Å². The molecule has 0 saturated heterocycles. The van der Waals surface area contributed by atoms with Crippen molar-refractivity contribution in [3.63, 3.8) is 0 Å². The van der Waals surface area contributed by atoms with E-state index in [1.54, 1.807) is 0 Å². The van der Waals surface area contributed by atoms with Crippen molar-refractivity contribution in [2.24, 2.45) is 0 Å². The highest BCUT2D eigenvalue weighted by Crippen LogP contribution is 2.45. The molecule has 0 radical (unpaired) electrons. The van der Waals surface area contributed by atoms with E-state index in [2.05, 4.69) is 168 Å². The highest BCUT2D eigenvalue weighted by molar-refractivity contribution is 7.25. The number of rotatable bonds is 6. The van der Waals surface area contributed by atoms with E-state index in [9.17, 15) is 0 Å². The Morgan fingerprint density at radius 2 is 0.913 bits per heavy atom. The Morgan fingerprint density at radius 1 is 0.370 bits per heavy atom. The number of hydrogen-bond acceptors (Lipinski definition) is 4. The van der Waals surface area contributed by atoms with Crippen molar-refractivity contribution < 1.29 is 4.42 Å². The zero-order valence-electron chi connectivity index (χ0n) is 24.9. The van der Waals surface area contributed by atoms with Gasteiger partial charge in [-0.3, -0.25) is 0 Å². The lowest BCUT2D eigenvalue weighted by molar-refractivity contribution is 0.669. The third kappa shape index (κ3) is 4.42. The zero-order valence-corrected chi connectivity index (χ0v) is 25.7. The fourth-order valence-corrected chi connectivity index (χ4v) is 7.63. The summed E-state index contributed by atoms with van der Waals surface area (Å²) in [7, 11) is 0. The van der Waals surface area contributed by atoms with E-state index in [-0.39, 0.29) is 0 Å². The summed E-state index contributed by atoms with van der Waals surface area (Å²) in [6.45, 7) is 0. The molecule has 0 spiro atoms. The Bertz CT molecular complexity index is 2440. The van der Waals surface area contributed by atoms with Gasteiger partial charge in [-0.2, -0.15) is 0 Å². The molecule has 0 N–H and O–H groups in total. The predicted molar refractivity (Wildman–Crippen MR) is 196 cm³/mol. The van der Waals surface area contributed by atoms with Crippen LogP contribution in [0, 0.1) is 0 Å². The van der Waals surface area contributed by atoms with Gasteiger partial charge < -0.3 is 14.2 Å². The minimum Gasteiger partial charge on any atom is -0.454 e. The summed E-state index contributed by atoms with van der Waals surface area (Å²) in [4.78, 5) is 4.61. The highest BCUT2D eigenvalue weighted by atomic mass is 32.1. The maximum absolute atomic E-state index is 6.69. The predicted octanol–water partition coefficient (Wildman–Crippen LogP) is 12.9. The second-order valence-corrected chi connectivity index (χ2v) is 12.5. The molecular weight excluding hydrogens is 581 g/mol. The number of fused-ring (bicyclic) bond motifs is 6. The minimum atomic E-state index is 0.861. The average Bonchev–Trinajstić information content (AvgIpc) is 3.68.